The molecule has 3 aromatic rings. The smallest absolute Gasteiger partial charge is 0.443 e. The van der Waals surface area contributed by atoms with Crippen molar-refractivity contribution in [2.45, 2.75) is 25.8 Å². The fourth-order valence-electron chi connectivity index (χ4n) is 2.75. The van der Waals surface area contributed by atoms with E-state index in [2.05, 4.69) is 25.0 Å². The third-order valence-electron chi connectivity index (χ3n) is 3.89. The number of fused-ring (bicyclic) bond motifs is 1. The van der Waals surface area contributed by atoms with E-state index in [4.69, 9.17) is 4.42 Å². The minimum absolute atomic E-state index is 0.463. The highest BCUT2D eigenvalue weighted by atomic mass is 19.4. The standard InChI is InChI=1S/C15H13F3N6O/c16-15(17,18)14-20-6-10(7-21-14)8-23-2-3-24-11(9-23)5-12(22-24)13-19-1-4-25-13/h1,4-7H,2-3,8-9H2. The van der Waals surface area contributed by atoms with Crippen LogP contribution in [0.15, 0.2) is 35.3 Å². The predicted molar refractivity (Wildman–Crippen MR) is 78.9 cm³/mol. The van der Waals surface area contributed by atoms with E-state index >= 15 is 0 Å². The van der Waals surface area contributed by atoms with Gasteiger partial charge in [0.05, 0.1) is 18.4 Å². The fraction of sp³-hybridized carbons (Fsp3) is 0.333. The number of nitrogens with zero attached hydrogens (tertiary/aromatic N) is 6. The quantitative estimate of drug-likeness (QED) is 0.722. The number of aromatic nitrogens is 5. The summed E-state index contributed by atoms with van der Waals surface area (Å²) in [6.45, 7) is 2.49. The number of hydrogen-bond donors (Lipinski definition) is 0. The summed E-state index contributed by atoms with van der Waals surface area (Å²) in [6, 6.07) is 1.90. The van der Waals surface area contributed by atoms with Gasteiger partial charge in [-0.15, -0.1) is 0 Å². The first-order valence-corrected chi connectivity index (χ1v) is 7.56. The molecule has 3 aromatic heterocycles. The summed E-state index contributed by atoms with van der Waals surface area (Å²) < 4.78 is 44.7. The Labute approximate surface area is 140 Å². The van der Waals surface area contributed by atoms with Crippen LogP contribution in [-0.2, 0) is 25.8 Å². The zero-order chi connectivity index (χ0) is 17.4. The second kappa shape index (κ2) is 5.96. The Hall–Kier alpha value is -2.75. The Kier molecular flexibility index (Phi) is 3.75. The van der Waals surface area contributed by atoms with Crippen LogP contribution in [0.1, 0.15) is 17.1 Å². The van der Waals surface area contributed by atoms with Gasteiger partial charge >= 0.3 is 6.18 Å². The van der Waals surface area contributed by atoms with Crippen LogP contribution in [0.2, 0.25) is 0 Å². The third kappa shape index (κ3) is 3.25. The van der Waals surface area contributed by atoms with Crippen molar-refractivity contribution in [3.8, 4) is 11.6 Å². The van der Waals surface area contributed by atoms with E-state index in [0.717, 1.165) is 12.2 Å². The van der Waals surface area contributed by atoms with E-state index in [1.54, 1.807) is 6.20 Å². The summed E-state index contributed by atoms with van der Waals surface area (Å²) in [7, 11) is 0. The van der Waals surface area contributed by atoms with Crippen LogP contribution in [0.4, 0.5) is 13.2 Å². The van der Waals surface area contributed by atoms with E-state index in [-0.39, 0.29) is 0 Å². The molecule has 0 radical (unpaired) electrons. The van der Waals surface area contributed by atoms with Crippen molar-refractivity contribution in [2.75, 3.05) is 6.54 Å². The zero-order valence-electron chi connectivity index (χ0n) is 12.9. The third-order valence-corrected chi connectivity index (χ3v) is 3.89. The first-order chi connectivity index (χ1) is 12.0. The highest BCUT2D eigenvalue weighted by Crippen LogP contribution is 2.26. The van der Waals surface area contributed by atoms with Crippen LogP contribution in [0.3, 0.4) is 0 Å². The molecule has 0 N–H and O–H groups in total. The average Bonchev–Trinajstić information content (AvgIpc) is 3.23. The van der Waals surface area contributed by atoms with Gasteiger partial charge in [-0.25, -0.2) is 15.0 Å². The van der Waals surface area contributed by atoms with Gasteiger partial charge in [-0.05, 0) is 6.07 Å². The van der Waals surface area contributed by atoms with Gasteiger partial charge in [0, 0.05) is 37.6 Å². The van der Waals surface area contributed by atoms with Gasteiger partial charge in [-0.3, -0.25) is 9.58 Å². The second-order valence-corrected chi connectivity index (χ2v) is 5.70. The number of rotatable bonds is 3. The van der Waals surface area contributed by atoms with Crippen molar-refractivity contribution in [2.24, 2.45) is 0 Å². The van der Waals surface area contributed by atoms with Crippen LogP contribution in [0.5, 0.6) is 0 Å². The molecule has 0 atom stereocenters. The Bertz CT molecular complexity index is 857. The van der Waals surface area contributed by atoms with Crippen molar-refractivity contribution in [3.63, 3.8) is 0 Å². The molecule has 7 nitrogen and oxygen atoms in total. The van der Waals surface area contributed by atoms with E-state index in [9.17, 15) is 13.2 Å². The van der Waals surface area contributed by atoms with Crippen LogP contribution in [0.25, 0.3) is 11.6 Å². The molecule has 0 saturated heterocycles. The Morgan fingerprint density at radius 1 is 1.12 bits per heavy atom. The fourth-order valence-corrected chi connectivity index (χ4v) is 2.75. The molecule has 0 aliphatic carbocycles. The first kappa shape index (κ1) is 15.8. The SMILES string of the molecule is FC(F)(F)c1ncc(CN2CCn3nc(-c4ncco4)cc3C2)cn1. The van der Waals surface area contributed by atoms with Gasteiger partial charge in [0.1, 0.15) is 12.0 Å². The molecule has 0 bridgehead atoms. The largest absolute Gasteiger partial charge is 0.451 e. The second-order valence-electron chi connectivity index (χ2n) is 5.70. The minimum atomic E-state index is -4.52. The van der Waals surface area contributed by atoms with Gasteiger partial charge in [0.15, 0.2) is 0 Å². The topological polar surface area (TPSA) is 72.9 Å². The number of alkyl halides is 3. The number of hydrogen-bond acceptors (Lipinski definition) is 6. The Balaban J connectivity index is 1.46. The summed E-state index contributed by atoms with van der Waals surface area (Å²) in [6.07, 6.45) is 0.974. The lowest BCUT2D eigenvalue weighted by atomic mass is 10.2. The molecule has 0 unspecified atom stereocenters. The van der Waals surface area contributed by atoms with Crippen molar-refractivity contribution in [1.82, 2.24) is 29.6 Å². The van der Waals surface area contributed by atoms with Gasteiger partial charge in [0.25, 0.3) is 0 Å². The Morgan fingerprint density at radius 3 is 2.60 bits per heavy atom. The van der Waals surface area contributed by atoms with Crippen molar-refractivity contribution in [1.29, 1.82) is 0 Å². The first-order valence-electron chi connectivity index (χ1n) is 7.56. The number of oxazole rings is 1. The van der Waals surface area contributed by atoms with Crippen LogP contribution in [0, 0.1) is 0 Å². The maximum absolute atomic E-state index is 12.5. The van der Waals surface area contributed by atoms with Crippen LogP contribution >= 0.6 is 0 Å². The predicted octanol–water partition coefficient (Wildman–Crippen LogP) is 2.36. The lowest BCUT2D eigenvalue weighted by molar-refractivity contribution is -0.145. The van der Waals surface area contributed by atoms with E-state index in [0.29, 0.717) is 36.8 Å². The lowest BCUT2D eigenvalue weighted by Crippen LogP contribution is -2.33. The molecule has 0 aromatic carbocycles. The van der Waals surface area contributed by atoms with E-state index in [1.807, 2.05) is 10.7 Å². The molecule has 130 valence electrons. The molecule has 0 fully saturated rings. The molecular weight excluding hydrogens is 337 g/mol. The summed E-state index contributed by atoms with van der Waals surface area (Å²) >= 11 is 0. The van der Waals surface area contributed by atoms with Crippen LogP contribution in [-0.4, -0.2) is 36.2 Å². The molecule has 1 aliphatic rings. The molecule has 0 saturated carbocycles. The molecule has 1 aliphatic heterocycles. The monoisotopic (exact) mass is 350 g/mol. The molecule has 4 rings (SSSR count). The molecule has 0 spiro atoms. The van der Waals surface area contributed by atoms with Gasteiger partial charge in [0.2, 0.25) is 11.7 Å². The molecular formula is C15H13F3N6O. The van der Waals surface area contributed by atoms with E-state index in [1.165, 1.54) is 18.7 Å². The number of halogens is 3. The van der Waals surface area contributed by atoms with Crippen LogP contribution < -0.4 is 0 Å². The summed E-state index contributed by atoms with van der Waals surface area (Å²) in [5.41, 5.74) is 2.29. The molecule has 25 heavy (non-hydrogen) atoms. The molecule has 0 amide bonds. The van der Waals surface area contributed by atoms with Gasteiger partial charge in [-0.2, -0.15) is 18.3 Å². The highest BCUT2D eigenvalue weighted by molar-refractivity contribution is 5.47. The molecule has 10 heteroatoms. The van der Waals surface area contributed by atoms with Gasteiger partial charge < -0.3 is 4.42 Å². The summed E-state index contributed by atoms with van der Waals surface area (Å²) in [4.78, 5) is 13.0. The summed E-state index contributed by atoms with van der Waals surface area (Å²) in [5.74, 6) is -0.659. The van der Waals surface area contributed by atoms with E-state index < -0.39 is 12.0 Å². The van der Waals surface area contributed by atoms with Crippen molar-refractivity contribution in [3.05, 3.63) is 48.0 Å². The molecule has 4 heterocycles. The Morgan fingerprint density at radius 2 is 1.92 bits per heavy atom. The maximum Gasteiger partial charge on any atom is 0.451 e. The van der Waals surface area contributed by atoms with Crippen molar-refractivity contribution >= 4 is 0 Å². The minimum Gasteiger partial charge on any atom is -0.443 e. The van der Waals surface area contributed by atoms with Gasteiger partial charge in [-0.1, -0.05) is 0 Å². The maximum atomic E-state index is 12.5. The zero-order valence-corrected chi connectivity index (χ0v) is 12.9. The highest BCUT2D eigenvalue weighted by Gasteiger charge is 2.34. The normalized spacial score (nSPS) is 15.3. The average molecular weight is 350 g/mol. The lowest BCUT2D eigenvalue weighted by Gasteiger charge is -2.27. The summed E-state index contributed by atoms with van der Waals surface area (Å²) in [5, 5.41) is 4.46. The van der Waals surface area contributed by atoms with Crippen molar-refractivity contribution < 1.29 is 17.6 Å².